The fourth-order valence-electron chi connectivity index (χ4n) is 2.10. The summed E-state index contributed by atoms with van der Waals surface area (Å²) < 4.78 is -0.390. The van der Waals surface area contributed by atoms with Crippen LogP contribution in [0.2, 0.25) is 0 Å². The summed E-state index contributed by atoms with van der Waals surface area (Å²) in [7, 11) is 0. The summed E-state index contributed by atoms with van der Waals surface area (Å²) in [5.74, 6) is 1.16. The second-order valence-corrected chi connectivity index (χ2v) is 6.91. The lowest BCUT2D eigenvalue weighted by molar-refractivity contribution is -0.148. The van der Waals surface area contributed by atoms with Crippen LogP contribution >= 0.6 is 23.5 Å². The molecule has 90 valence electrons. The standard InChI is InChI=1S/C10H15NO3S2/c1-10(3-2-4-16-10)9(14)11-6-15-5-7(11)8(12)13/h7H,2-6H2,1H3,(H,12,13)/t7-,10?/m0/s1. The molecule has 0 aromatic heterocycles. The van der Waals surface area contributed by atoms with E-state index in [1.54, 1.807) is 11.8 Å². The second kappa shape index (κ2) is 4.49. The Kier molecular flexibility index (Phi) is 3.39. The number of hydrogen-bond donors (Lipinski definition) is 1. The van der Waals surface area contributed by atoms with Gasteiger partial charge in [0.1, 0.15) is 6.04 Å². The largest absolute Gasteiger partial charge is 0.480 e. The third-order valence-electron chi connectivity index (χ3n) is 3.10. The van der Waals surface area contributed by atoms with Crippen LogP contribution in [0, 0.1) is 0 Å². The van der Waals surface area contributed by atoms with Crippen LogP contribution in [0.3, 0.4) is 0 Å². The van der Waals surface area contributed by atoms with E-state index in [0.717, 1.165) is 18.6 Å². The molecular weight excluding hydrogens is 246 g/mol. The first-order valence-corrected chi connectivity index (χ1v) is 7.44. The molecule has 1 amide bonds. The van der Waals surface area contributed by atoms with Gasteiger partial charge in [0, 0.05) is 5.75 Å². The van der Waals surface area contributed by atoms with Gasteiger partial charge in [-0.25, -0.2) is 4.79 Å². The van der Waals surface area contributed by atoms with Crippen molar-refractivity contribution in [1.82, 2.24) is 4.90 Å². The highest BCUT2D eigenvalue weighted by atomic mass is 32.2. The highest BCUT2D eigenvalue weighted by molar-refractivity contribution is 8.01. The van der Waals surface area contributed by atoms with Crippen molar-refractivity contribution in [1.29, 1.82) is 0 Å². The molecule has 0 bridgehead atoms. The van der Waals surface area contributed by atoms with Crippen molar-refractivity contribution in [3.8, 4) is 0 Å². The zero-order valence-electron chi connectivity index (χ0n) is 9.14. The Labute approximate surface area is 103 Å². The van der Waals surface area contributed by atoms with Crippen molar-refractivity contribution in [3.05, 3.63) is 0 Å². The van der Waals surface area contributed by atoms with Gasteiger partial charge in [0.2, 0.25) is 5.91 Å². The van der Waals surface area contributed by atoms with Crippen molar-refractivity contribution in [2.24, 2.45) is 0 Å². The van der Waals surface area contributed by atoms with Crippen molar-refractivity contribution in [3.63, 3.8) is 0 Å². The number of thioether (sulfide) groups is 2. The molecule has 2 aliphatic rings. The van der Waals surface area contributed by atoms with Crippen molar-refractivity contribution < 1.29 is 14.7 Å². The normalized spacial score (nSPS) is 34.3. The van der Waals surface area contributed by atoms with E-state index >= 15 is 0 Å². The minimum absolute atomic E-state index is 0.00685. The summed E-state index contributed by atoms with van der Waals surface area (Å²) in [6, 6.07) is -0.629. The van der Waals surface area contributed by atoms with E-state index in [2.05, 4.69) is 0 Å². The van der Waals surface area contributed by atoms with Crippen LogP contribution in [0.4, 0.5) is 0 Å². The van der Waals surface area contributed by atoms with Gasteiger partial charge in [0.25, 0.3) is 0 Å². The molecule has 2 heterocycles. The molecule has 2 atom stereocenters. The van der Waals surface area contributed by atoms with E-state index in [4.69, 9.17) is 5.11 Å². The van der Waals surface area contributed by atoms with E-state index in [1.165, 1.54) is 16.7 Å². The van der Waals surface area contributed by atoms with E-state index < -0.39 is 16.8 Å². The second-order valence-electron chi connectivity index (χ2n) is 4.31. The van der Waals surface area contributed by atoms with Gasteiger partial charge in [-0.1, -0.05) is 0 Å². The molecule has 2 aliphatic heterocycles. The summed E-state index contributed by atoms with van der Waals surface area (Å²) in [6.45, 7) is 1.94. The summed E-state index contributed by atoms with van der Waals surface area (Å²) >= 11 is 3.18. The number of amides is 1. The quantitative estimate of drug-likeness (QED) is 0.811. The number of nitrogens with zero attached hydrogens (tertiary/aromatic N) is 1. The van der Waals surface area contributed by atoms with Gasteiger partial charge in [-0.15, -0.1) is 23.5 Å². The van der Waals surface area contributed by atoms with E-state index in [9.17, 15) is 9.59 Å². The number of carbonyl (C=O) groups excluding carboxylic acids is 1. The molecule has 0 radical (unpaired) electrons. The number of carboxylic acid groups (broad SMARTS) is 1. The zero-order valence-corrected chi connectivity index (χ0v) is 10.8. The van der Waals surface area contributed by atoms with Crippen LogP contribution in [0.25, 0.3) is 0 Å². The maximum absolute atomic E-state index is 12.3. The van der Waals surface area contributed by atoms with Crippen LogP contribution < -0.4 is 0 Å². The summed E-state index contributed by atoms with van der Waals surface area (Å²) in [5, 5.41) is 9.05. The number of rotatable bonds is 2. The first-order chi connectivity index (χ1) is 7.54. The first kappa shape index (κ1) is 12.1. The summed E-state index contributed by atoms with van der Waals surface area (Å²) in [4.78, 5) is 24.9. The SMILES string of the molecule is CC1(C(=O)N2CSC[C@H]2C(=O)O)CCCS1. The average molecular weight is 261 g/mol. The predicted octanol–water partition coefficient (Wildman–Crippen LogP) is 1.26. The van der Waals surface area contributed by atoms with E-state index in [-0.39, 0.29) is 5.91 Å². The highest BCUT2D eigenvalue weighted by Crippen LogP contribution is 2.40. The molecule has 0 aliphatic carbocycles. The maximum atomic E-state index is 12.3. The molecule has 0 aromatic rings. The molecule has 2 rings (SSSR count). The fourth-order valence-corrected chi connectivity index (χ4v) is 4.51. The lowest BCUT2D eigenvalue weighted by Crippen LogP contribution is -2.49. The summed E-state index contributed by atoms with van der Waals surface area (Å²) in [6.07, 6.45) is 1.91. The highest BCUT2D eigenvalue weighted by Gasteiger charge is 2.45. The predicted molar refractivity (Wildman–Crippen MR) is 65.7 cm³/mol. The summed E-state index contributed by atoms with van der Waals surface area (Å²) in [5.41, 5.74) is 0. The minimum Gasteiger partial charge on any atom is -0.480 e. The number of carboxylic acids is 1. The third kappa shape index (κ3) is 2.05. The molecular formula is C10H15NO3S2. The number of carbonyl (C=O) groups is 2. The molecule has 2 fully saturated rings. The molecule has 1 N–H and O–H groups in total. The molecule has 6 heteroatoms. The number of hydrogen-bond acceptors (Lipinski definition) is 4. The van der Waals surface area contributed by atoms with Crippen molar-refractivity contribution in [2.75, 3.05) is 17.4 Å². The van der Waals surface area contributed by atoms with Gasteiger partial charge in [-0.3, -0.25) is 4.79 Å². The van der Waals surface area contributed by atoms with Gasteiger partial charge in [0.15, 0.2) is 0 Å². The average Bonchev–Trinajstić information content (AvgIpc) is 2.85. The zero-order chi connectivity index (χ0) is 11.8. The van der Waals surface area contributed by atoms with Gasteiger partial charge in [-0.05, 0) is 25.5 Å². The van der Waals surface area contributed by atoms with Crippen LogP contribution in [0.1, 0.15) is 19.8 Å². The smallest absolute Gasteiger partial charge is 0.327 e. The third-order valence-corrected chi connectivity index (χ3v) is 5.62. The molecule has 0 spiro atoms. The minimum atomic E-state index is -0.884. The maximum Gasteiger partial charge on any atom is 0.327 e. The first-order valence-electron chi connectivity index (χ1n) is 5.30. The Bertz CT molecular complexity index is 315. The van der Waals surface area contributed by atoms with Crippen molar-refractivity contribution >= 4 is 35.4 Å². The van der Waals surface area contributed by atoms with Gasteiger partial charge in [-0.2, -0.15) is 0 Å². The lowest BCUT2D eigenvalue weighted by Gasteiger charge is -2.29. The Morgan fingerprint density at radius 3 is 2.81 bits per heavy atom. The molecule has 2 saturated heterocycles. The molecule has 4 nitrogen and oxygen atoms in total. The Morgan fingerprint density at radius 1 is 1.50 bits per heavy atom. The van der Waals surface area contributed by atoms with Crippen LogP contribution in [0.5, 0.6) is 0 Å². The Hall–Kier alpha value is -0.360. The Morgan fingerprint density at radius 2 is 2.25 bits per heavy atom. The van der Waals surface area contributed by atoms with Crippen LogP contribution in [0.15, 0.2) is 0 Å². The lowest BCUT2D eigenvalue weighted by atomic mass is 10.0. The van der Waals surface area contributed by atoms with Crippen LogP contribution in [-0.2, 0) is 9.59 Å². The number of aliphatic carboxylic acids is 1. The van der Waals surface area contributed by atoms with Crippen molar-refractivity contribution in [2.45, 2.75) is 30.6 Å². The van der Waals surface area contributed by atoms with E-state index in [0.29, 0.717) is 11.6 Å². The van der Waals surface area contributed by atoms with Gasteiger partial charge in [0.05, 0.1) is 10.6 Å². The van der Waals surface area contributed by atoms with Crippen LogP contribution in [-0.4, -0.2) is 50.1 Å². The monoisotopic (exact) mass is 261 g/mol. The Balaban J connectivity index is 2.12. The van der Waals surface area contributed by atoms with Gasteiger partial charge < -0.3 is 10.0 Å². The fraction of sp³-hybridized carbons (Fsp3) is 0.800. The van der Waals surface area contributed by atoms with E-state index in [1.807, 2.05) is 6.92 Å². The topological polar surface area (TPSA) is 57.6 Å². The molecule has 0 saturated carbocycles. The molecule has 1 unspecified atom stereocenters. The molecule has 16 heavy (non-hydrogen) atoms. The molecule has 0 aromatic carbocycles. The van der Waals surface area contributed by atoms with Gasteiger partial charge >= 0.3 is 5.97 Å².